The summed E-state index contributed by atoms with van der Waals surface area (Å²) in [5.41, 5.74) is -0.829. The van der Waals surface area contributed by atoms with Crippen LogP contribution in [0.5, 0.6) is 0 Å². The summed E-state index contributed by atoms with van der Waals surface area (Å²) in [6, 6.07) is 0. The molecule has 32 atom stereocenters. The minimum Gasteiger partial charge on any atom is -0.394 e. The molecule has 5 aliphatic heterocycles. The van der Waals surface area contributed by atoms with E-state index in [0.29, 0.717) is 19.3 Å². The predicted molar refractivity (Wildman–Crippen MR) is 253 cm³/mol. The zero-order valence-corrected chi connectivity index (χ0v) is 43.5. The molecule has 0 aromatic heterocycles. The summed E-state index contributed by atoms with van der Waals surface area (Å²) in [6.07, 6.45) is -31.2. The molecule has 0 amide bonds. The van der Waals surface area contributed by atoms with Gasteiger partial charge in [-0.1, -0.05) is 39.3 Å². The Bertz CT molecular complexity index is 2050. The maximum Gasteiger partial charge on any atom is 0.187 e. The van der Waals surface area contributed by atoms with Crippen molar-refractivity contribution in [3.63, 3.8) is 0 Å². The molecule has 26 nitrogen and oxygen atoms in total. The topological polar surface area (TPSA) is 424 Å². The number of aliphatic hydroxyl groups excluding tert-OH is 15. The quantitative estimate of drug-likeness (QED) is 0.0640. The molecule has 5 heterocycles. The number of carbonyl (C=O) groups is 1. The molecule has 0 unspecified atom stereocenters. The Kier molecular flexibility index (Phi) is 18.1. The van der Waals surface area contributed by atoms with Gasteiger partial charge in [0.25, 0.3) is 0 Å². The molecule has 9 aliphatic rings. The summed E-state index contributed by atoms with van der Waals surface area (Å²) < 4.78 is 52.9. The van der Waals surface area contributed by atoms with Crippen LogP contribution in [0.3, 0.4) is 0 Å². The molecule has 442 valence electrons. The normalized spacial score (nSPS) is 54.2. The largest absolute Gasteiger partial charge is 0.394 e. The summed E-state index contributed by atoms with van der Waals surface area (Å²) in [5.74, 6) is -2.79. The van der Waals surface area contributed by atoms with E-state index in [4.69, 9.17) is 42.6 Å². The number of hydrogen-bond acceptors (Lipinski definition) is 26. The molecule has 0 radical (unpaired) electrons. The number of fused-ring (bicyclic) bond motifs is 7. The van der Waals surface area contributed by atoms with Gasteiger partial charge in [-0.25, -0.2) is 0 Å². The second kappa shape index (κ2) is 23.2. The highest BCUT2D eigenvalue weighted by Gasteiger charge is 2.71. The minimum atomic E-state index is -1.96. The Morgan fingerprint density at radius 2 is 1.13 bits per heavy atom. The Labute approximate surface area is 444 Å². The van der Waals surface area contributed by atoms with Crippen LogP contribution >= 0.6 is 0 Å². The van der Waals surface area contributed by atoms with E-state index in [1.807, 2.05) is 27.7 Å². The van der Waals surface area contributed by atoms with Crippen molar-refractivity contribution in [2.24, 2.45) is 46.3 Å². The molecular formula is C51H82O26. The lowest BCUT2D eigenvalue weighted by Gasteiger charge is -2.59. The predicted octanol–water partition coefficient (Wildman–Crippen LogP) is -5.89. The van der Waals surface area contributed by atoms with E-state index < -0.39 is 190 Å². The lowest BCUT2D eigenvalue weighted by molar-refractivity contribution is -0.390. The number of carbonyl (C=O) groups excluding carboxylic acids is 1. The SMILES string of the molecule is C[C@@H](CC[C@@]1(O)O[C@H]2C[C@H]3[C@H]4CC=C5C[C@H](O[C@@H]6O[C@H](CO)[C@H](O[C@H]7O[C@@H](CO)[C@H](O)[C@@H](O)[C@@H]7O[C@H]7O[C@@H](CO)[C@H](O)[C@@H](O)[C@@H]7O)[C@H](O)[C@H]6O)C[C@@H](O)[C@]5(C)[C@@H]4CC(=O)[C@]3(C)[C@@H]2[C@@H]1C)CO[C@@H]1O[C@H](CO)[C@@H](O)[C@H](O)[C@H]1O. The maximum absolute atomic E-state index is 14.8. The number of Topliss-reactive ketones (excluding diaryl/α,β-unsaturated/α-hetero) is 1. The van der Waals surface area contributed by atoms with E-state index in [1.165, 1.54) is 0 Å². The molecule has 0 bridgehead atoms. The van der Waals surface area contributed by atoms with E-state index in [0.717, 1.165) is 5.57 Å². The highest BCUT2D eigenvalue weighted by molar-refractivity contribution is 5.87. The number of hydrogen-bond donors (Lipinski definition) is 16. The molecule has 0 spiro atoms. The lowest BCUT2D eigenvalue weighted by atomic mass is 9.46. The van der Waals surface area contributed by atoms with Gasteiger partial charge < -0.3 is 124 Å². The summed E-state index contributed by atoms with van der Waals surface area (Å²) in [6.45, 7) is 4.73. The molecule has 9 rings (SSSR count). The minimum absolute atomic E-state index is 0.0130. The third-order valence-electron chi connectivity index (χ3n) is 19.5. The second-order valence-electron chi connectivity index (χ2n) is 23.8. The molecule has 5 saturated heterocycles. The van der Waals surface area contributed by atoms with Crippen molar-refractivity contribution in [1.29, 1.82) is 0 Å². The molecule has 16 N–H and O–H groups in total. The van der Waals surface area contributed by atoms with Crippen LogP contribution in [0.4, 0.5) is 0 Å². The van der Waals surface area contributed by atoms with Gasteiger partial charge in [0.15, 0.2) is 30.9 Å². The van der Waals surface area contributed by atoms with Gasteiger partial charge in [-0.2, -0.15) is 0 Å². The molecule has 8 fully saturated rings. The average Bonchev–Trinajstić information content (AvgIpc) is 3.94. The first-order chi connectivity index (χ1) is 36.4. The van der Waals surface area contributed by atoms with Gasteiger partial charge in [-0.15, -0.1) is 0 Å². The number of ether oxygens (including phenoxy) is 9. The molecule has 77 heavy (non-hydrogen) atoms. The van der Waals surface area contributed by atoms with Crippen LogP contribution in [-0.4, -0.2) is 267 Å². The van der Waals surface area contributed by atoms with E-state index in [-0.39, 0.29) is 67.7 Å². The van der Waals surface area contributed by atoms with Crippen molar-refractivity contribution in [2.45, 2.75) is 220 Å². The number of ketones is 1. The smallest absolute Gasteiger partial charge is 0.187 e. The van der Waals surface area contributed by atoms with Gasteiger partial charge in [0.05, 0.1) is 51.3 Å². The van der Waals surface area contributed by atoms with E-state index in [1.54, 1.807) is 0 Å². The van der Waals surface area contributed by atoms with Crippen LogP contribution in [0.1, 0.15) is 72.6 Å². The first-order valence-corrected chi connectivity index (χ1v) is 27.1. The standard InChI is InChI=1S/C51H82O26/c1-18(17-69-45-40(65)36(61)33(58)26(13-52)71-45)7-8-51(68)19(2)32-25(77-51)11-23-22-6-5-20-9-21(10-30(56)49(20,3)24(22)12-31(57)50(23,32)4)70-46-42(67)39(64)43(29(16-55)74-46)75-48-44(38(63)35(60)28(15-54)73-48)76-47-41(66)37(62)34(59)27(14-53)72-47/h5,18-19,21-30,32-48,52-56,58-68H,6-17H2,1-4H3/t18-,19-,21-,22+,23-,24+,25-,26+,27-,28-,29+,30+,32+,33+,34-,35-,36-,37+,38+,39+,40+,41-,42+,43-,44-,45+,46+,47+,48+,49-,50+,51+/m0/s1. The average molecular weight is 1110 g/mol. The zero-order chi connectivity index (χ0) is 56.0. The van der Waals surface area contributed by atoms with Crippen LogP contribution in [0.25, 0.3) is 0 Å². The Hall–Kier alpha value is -1.59. The van der Waals surface area contributed by atoms with E-state index >= 15 is 0 Å². The molecule has 0 aromatic carbocycles. The van der Waals surface area contributed by atoms with Crippen molar-refractivity contribution in [2.75, 3.05) is 33.0 Å². The molecule has 0 aromatic rings. The fraction of sp³-hybridized carbons (Fsp3) is 0.941. The van der Waals surface area contributed by atoms with Gasteiger partial charge in [0, 0.05) is 41.9 Å². The van der Waals surface area contributed by atoms with Crippen molar-refractivity contribution < 1.29 is 129 Å². The van der Waals surface area contributed by atoms with Crippen LogP contribution in [0.2, 0.25) is 0 Å². The third-order valence-corrected chi connectivity index (χ3v) is 19.5. The maximum atomic E-state index is 14.8. The van der Waals surface area contributed by atoms with E-state index in [9.17, 15) is 86.5 Å². The summed E-state index contributed by atoms with van der Waals surface area (Å²) in [5, 5.41) is 171. The molecular weight excluding hydrogens is 1030 g/mol. The lowest BCUT2D eigenvalue weighted by Crippen LogP contribution is -2.67. The van der Waals surface area contributed by atoms with Gasteiger partial charge in [0.1, 0.15) is 103 Å². The van der Waals surface area contributed by atoms with Crippen molar-refractivity contribution >= 4 is 5.78 Å². The van der Waals surface area contributed by atoms with Crippen molar-refractivity contribution in [3.05, 3.63) is 11.6 Å². The first-order valence-electron chi connectivity index (χ1n) is 27.1. The first kappa shape index (κ1) is 60.0. The number of allylic oxidation sites excluding steroid dienone is 1. The Balaban J connectivity index is 0.824. The third kappa shape index (κ3) is 10.4. The summed E-state index contributed by atoms with van der Waals surface area (Å²) in [4.78, 5) is 14.8. The van der Waals surface area contributed by atoms with Crippen LogP contribution in [-0.2, 0) is 47.4 Å². The summed E-state index contributed by atoms with van der Waals surface area (Å²) >= 11 is 0. The van der Waals surface area contributed by atoms with Crippen molar-refractivity contribution in [1.82, 2.24) is 0 Å². The van der Waals surface area contributed by atoms with Crippen molar-refractivity contribution in [3.8, 4) is 0 Å². The van der Waals surface area contributed by atoms with Gasteiger partial charge in [-0.3, -0.25) is 4.79 Å². The highest BCUT2D eigenvalue weighted by Crippen LogP contribution is 2.69. The van der Waals surface area contributed by atoms with Crippen LogP contribution in [0, 0.1) is 46.3 Å². The fourth-order valence-corrected chi connectivity index (χ4v) is 14.8. The molecule has 26 heteroatoms. The zero-order valence-electron chi connectivity index (χ0n) is 43.5. The van der Waals surface area contributed by atoms with Crippen LogP contribution in [0.15, 0.2) is 11.6 Å². The molecule has 3 saturated carbocycles. The second-order valence-corrected chi connectivity index (χ2v) is 23.8. The summed E-state index contributed by atoms with van der Waals surface area (Å²) in [7, 11) is 0. The highest BCUT2D eigenvalue weighted by atomic mass is 16.8. The Morgan fingerprint density at radius 1 is 0.610 bits per heavy atom. The van der Waals surface area contributed by atoms with Gasteiger partial charge in [0.2, 0.25) is 0 Å². The monoisotopic (exact) mass is 1110 g/mol. The van der Waals surface area contributed by atoms with Gasteiger partial charge >= 0.3 is 0 Å². The number of aliphatic hydroxyl groups is 16. The van der Waals surface area contributed by atoms with Crippen LogP contribution < -0.4 is 0 Å². The van der Waals surface area contributed by atoms with Gasteiger partial charge in [-0.05, 0) is 49.4 Å². The fourth-order valence-electron chi connectivity index (χ4n) is 14.8. The van der Waals surface area contributed by atoms with E-state index in [2.05, 4.69) is 6.08 Å². The Morgan fingerprint density at radius 3 is 1.75 bits per heavy atom. The molecule has 4 aliphatic carbocycles. The number of rotatable bonds is 16.